The van der Waals surface area contributed by atoms with Gasteiger partial charge in [-0.05, 0) is 18.8 Å². The van der Waals surface area contributed by atoms with Gasteiger partial charge in [0.15, 0.2) is 0 Å². The number of rotatable bonds is 1. The number of nitrogens with zero attached hydrogens (tertiary/aromatic N) is 2. The van der Waals surface area contributed by atoms with E-state index in [0.29, 0.717) is 12.0 Å². The van der Waals surface area contributed by atoms with E-state index in [4.69, 9.17) is 5.26 Å². The number of amides is 1. The zero-order valence-corrected chi connectivity index (χ0v) is 8.03. The van der Waals surface area contributed by atoms with Gasteiger partial charge in [0, 0.05) is 12.0 Å². The van der Waals surface area contributed by atoms with E-state index in [-0.39, 0.29) is 17.9 Å². The van der Waals surface area contributed by atoms with Crippen LogP contribution >= 0.6 is 0 Å². The summed E-state index contributed by atoms with van der Waals surface area (Å²) in [5.41, 5.74) is 0. The summed E-state index contributed by atoms with van der Waals surface area (Å²) in [6, 6.07) is 2.48. The van der Waals surface area contributed by atoms with E-state index >= 15 is 0 Å². The van der Waals surface area contributed by atoms with E-state index in [2.05, 4.69) is 6.07 Å². The second-order valence-corrected chi connectivity index (χ2v) is 4.34. The van der Waals surface area contributed by atoms with Crippen molar-refractivity contribution in [3.8, 4) is 6.07 Å². The predicted octanol–water partition coefficient (Wildman–Crippen LogP) is 1.16. The van der Waals surface area contributed by atoms with E-state index in [1.54, 1.807) is 0 Å². The van der Waals surface area contributed by atoms with Gasteiger partial charge in [-0.15, -0.1) is 0 Å². The van der Waals surface area contributed by atoms with E-state index in [9.17, 15) is 4.79 Å². The summed E-state index contributed by atoms with van der Waals surface area (Å²) in [5, 5.41) is 8.86. The first-order valence-corrected chi connectivity index (χ1v) is 4.87. The van der Waals surface area contributed by atoms with Gasteiger partial charge < -0.3 is 4.90 Å². The second kappa shape index (κ2) is 2.73. The minimum atomic E-state index is -0.140. The van der Waals surface area contributed by atoms with Gasteiger partial charge in [-0.2, -0.15) is 5.26 Å². The first-order chi connectivity index (χ1) is 6.15. The van der Waals surface area contributed by atoms with E-state index in [0.717, 1.165) is 12.8 Å². The lowest BCUT2D eigenvalue weighted by molar-refractivity contribution is -0.135. The minimum absolute atomic E-state index is 0.0233. The number of carbonyl (C=O) groups excluding carboxylic acids is 1. The molecule has 0 N–H and O–H groups in total. The van der Waals surface area contributed by atoms with Crippen LogP contribution < -0.4 is 0 Å². The number of hydrogen-bond acceptors (Lipinski definition) is 2. The van der Waals surface area contributed by atoms with Crippen LogP contribution in [0, 0.1) is 23.2 Å². The lowest BCUT2D eigenvalue weighted by atomic mass is 10.1. The van der Waals surface area contributed by atoms with Crippen molar-refractivity contribution in [1.29, 1.82) is 5.26 Å². The van der Waals surface area contributed by atoms with Crippen molar-refractivity contribution in [2.45, 2.75) is 38.8 Å². The monoisotopic (exact) mass is 178 g/mol. The van der Waals surface area contributed by atoms with Crippen molar-refractivity contribution in [3.63, 3.8) is 0 Å². The van der Waals surface area contributed by atoms with Gasteiger partial charge >= 0.3 is 0 Å². The summed E-state index contributed by atoms with van der Waals surface area (Å²) in [6.07, 6.45) is 2.02. The second-order valence-electron chi connectivity index (χ2n) is 4.34. The summed E-state index contributed by atoms with van der Waals surface area (Å²) in [6.45, 7) is 3.79. The van der Waals surface area contributed by atoms with Crippen LogP contribution in [0.2, 0.25) is 0 Å². The molecule has 0 radical (unpaired) electrons. The smallest absolute Gasteiger partial charge is 0.226 e. The van der Waals surface area contributed by atoms with Gasteiger partial charge in [0.05, 0.1) is 6.07 Å². The molecule has 3 atom stereocenters. The van der Waals surface area contributed by atoms with Gasteiger partial charge in [-0.1, -0.05) is 13.8 Å². The standard InChI is InChI=1S/C10H14N2O/c1-6(2)10(13)12-8(5-11)3-7-4-9(7)12/h6-9H,3-4H2,1-2H3/t7-,8+,9+/m0/s1. The van der Waals surface area contributed by atoms with E-state index in [1.165, 1.54) is 0 Å². The van der Waals surface area contributed by atoms with Crippen molar-refractivity contribution in [2.75, 3.05) is 0 Å². The molecule has 3 nitrogen and oxygen atoms in total. The maximum absolute atomic E-state index is 11.7. The molecule has 0 aromatic heterocycles. The van der Waals surface area contributed by atoms with Crippen LogP contribution in [0.3, 0.4) is 0 Å². The number of hydrogen-bond donors (Lipinski definition) is 0. The molecule has 0 aromatic rings. The largest absolute Gasteiger partial charge is 0.323 e. The van der Waals surface area contributed by atoms with Crippen LogP contribution in [-0.2, 0) is 4.79 Å². The molecular formula is C10H14N2O. The molecule has 0 unspecified atom stereocenters. The Morgan fingerprint density at radius 3 is 2.77 bits per heavy atom. The number of nitriles is 1. The molecule has 1 heterocycles. The fourth-order valence-electron chi connectivity index (χ4n) is 2.19. The molecular weight excluding hydrogens is 164 g/mol. The summed E-state index contributed by atoms with van der Waals surface area (Å²) in [5.74, 6) is 0.805. The van der Waals surface area contributed by atoms with Crippen LogP contribution in [0.1, 0.15) is 26.7 Å². The zero-order chi connectivity index (χ0) is 9.59. The van der Waals surface area contributed by atoms with Gasteiger partial charge in [0.2, 0.25) is 5.91 Å². The lowest BCUT2D eigenvalue weighted by Gasteiger charge is -2.24. The Morgan fingerprint density at radius 2 is 2.23 bits per heavy atom. The Bertz CT molecular complexity index is 279. The Hall–Kier alpha value is -1.04. The third-order valence-corrected chi connectivity index (χ3v) is 3.00. The van der Waals surface area contributed by atoms with Crippen LogP contribution in [0.4, 0.5) is 0 Å². The zero-order valence-electron chi connectivity index (χ0n) is 8.03. The van der Waals surface area contributed by atoms with Gasteiger partial charge in [-0.3, -0.25) is 4.79 Å². The van der Waals surface area contributed by atoms with Crippen molar-refractivity contribution < 1.29 is 4.79 Å². The first-order valence-electron chi connectivity index (χ1n) is 4.87. The SMILES string of the molecule is CC(C)C(=O)N1[C@@H]2C[C@@H]2C[C@@H]1C#N. The highest BCUT2D eigenvalue weighted by Crippen LogP contribution is 2.48. The molecule has 1 saturated heterocycles. The molecule has 70 valence electrons. The van der Waals surface area contributed by atoms with E-state index < -0.39 is 0 Å². The van der Waals surface area contributed by atoms with Crippen LogP contribution in [0.15, 0.2) is 0 Å². The molecule has 1 saturated carbocycles. The normalized spacial score (nSPS) is 35.8. The van der Waals surface area contributed by atoms with Crippen LogP contribution in [0.5, 0.6) is 0 Å². The molecule has 0 spiro atoms. The summed E-state index contributed by atoms with van der Waals surface area (Å²) in [7, 11) is 0. The molecule has 2 aliphatic rings. The molecule has 1 aliphatic carbocycles. The molecule has 2 rings (SSSR count). The number of piperidine rings is 1. The third-order valence-electron chi connectivity index (χ3n) is 3.00. The number of likely N-dealkylation sites (tertiary alicyclic amines) is 1. The van der Waals surface area contributed by atoms with Crippen molar-refractivity contribution in [3.05, 3.63) is 0 Å². The molecule has 1 amide bonds. The van der Waals surface area contributed by atoms with Crippen LogP contribution in [-0.4, -0.2) is 22.9 Å². The predicted molar refractivity (Wildman–Crippen MR) is 47.6 cm³/mol. The van der Waals surface area contributed by atoms with Crippen molar-refractivity contribution in [2.24, 2.45) is 11.8 Å². The third kappa shape index (κ3) is 1.21. The number of carbonyl (C=O) groups is 1. The molecule has 3 heteroatoms. The minimum Gasteiger partial charge on any atom is -0.323 e. The van der Waals surface area contributed by atoms with Crippen molar-refractivity contribution in [1.82, 2.24) is 4.90 Å². The molecule has 1 aliphatic heterocycles. The quantitative estimate of drug-likeness (QED) is 0.604. The Morgan fingerprint density at radius 1 is 1.54 bits per heavy atom. The van der Waals surface area contributed by atoms with Gasteiger partial charge in [0.1, 0.15) is 6.04 Å². The molecule has 2 fully saturated rings. The molecule has 0 bridgehead atoms. The summed E-state index contributed by atoms with van der Waals surface area (Å²) in [4.78, 5) is 13.5. The highest BCUT2D eigenvalue weighted by atomic mass is 16.2. The Labute approximate surface area is 78.3 Å². The van der Waals surface area contributed by atoms with Gasteiger partial charge in [0.25, 0.3) is 0 Å². The van der Waals surface area contributed by atoms with Crippen LogP contribution in [0.25, 0.3) is 0 Å². The highest BCUT2D eigenvalue weighted by molar-refractivity contribution is 5.80. The number of fused-ring (bicyclic) bond motifs is 1. The molecule has 13 heavy (non-hydrogen) atoms. The first kappa shape index (κ1) is 8.55. The molecule has 0 aromatic carbocycles. The average Bonchev–Trinajstić information content (AvgIpc) is 2.76. The van der Waals surface area contributed by atoms with E-state index in [1.807, 2.05) is 18.7 Å². The Kier molecular flexibility index (Phi) is 1.80. The lowest BCUT2D eigenvalue weighted by Crippen LogP contribution is -2.40. The maximum atomic E-state index is 11.7. The van der Waals surface area contributed by atoms with Crippen molar-refractivity contribution >= 4 is 5.91 Å². The topological polar surface area (TPSA) is 44.1 Å². The average molecular weight is 178 g/mol. The fourth-order valence-corrected chi connectivity index (χ4v) is 2.19. The summed E-state index contributed by atoms with van der Waals surface area (Å²) >= 11 is 0. The fraction of sp³-hybridized carbons (Fsp3) is 0.800. The van der Waals surface area contributed by atoms with Gasteiger partial charge in [-0.25, -0.2) is 0 Å². The Balaban J connectivity index is 2.13. The summed E-state index contributed by atoms with van der Waals surface area (Å²) < 4.78 is 0. The highest BCUT2D eigenvalue weighted by Gasteiger charge is 2.54. The maximum Gasteiger partial charge on any atom is 0.226 e.